The molecule has 0 saturated heterocycles. The van der Waals surface area contributed by atoms with E-state index in [9.17, 15) is 0 Å². The molecule has 0 saturated carbocycles. The first kappa shape index (κ1) is 8.21. The van der Waals surface area contributed by atoms with Gasteiger partial charge < -0.3 is 5.43 Å². The molecule has 0 radical (unpaired) electrons. The molecule has 0 aliphatic rings. The number of nitrogens with one attached hydrogen (secondary N) is 1. The SMILES string of the molecule is CC/C=C\C(C)=N/NC. The minimum Gasteiger partial charge on any atom is -0.313 e. The number of rotatable bonds is 3. The molecule has 0 amide bonds. The van der Waals surface area contributed by atoms with Crippen molar-refractivity contribution in [2.75, 3.05) is 7.05 Å². The highest BCUT2D eigenvalue weighted by Crippen LogP contribution is 1.81. The van der Waals surface area contributed by atoms with E-state index in [1.807, 2.05) is 13.0 Å². The van der Waals surface area contributed by atoms with Gasteiger partial charge in [0.05, 0.1) is 5.71 Å². The molecule has 0 heterocycles. The maximum absolute atomic E-state index is 3.94. The largest absolute Gasteiger partial charge is 0.313 e. The molecule has 0 rings (SSSR count). The molecule has 0 bridgehead atoms. The lowest BCUT2D eigenvalue weighted by Crippen LogP contribution is -1.98. The van der Waals surface area contributed by atoms with E-state index in [4.69, 9.17) is 0 Å². The van der Waals surface area contributed by atoms with Gasteiger partial charge in [-0.15, -0.1) is 0 Å². The van der Waals surface area contributed by atoms with Crippen molar-refractivity contribution in [2.45, 2.75) is 20.3 Å². The van der Waals surface area contributed by atoms with Gasteiger partial charge in [-0.05, 0) is 19.4 Å². The Morgan fingerprint density at radius 3 is 2.78 bits per heavy atom. The summed E-state index contributed by atoms with van der Waals surface area (Å²) in [5, 5.41) is 3.94. The van der Waals surface area contributed by atoms with Crippen LogP contribution >= 0.6 is 0 Å². The van der Waals surface area contributed by atoms with Gasteiger partial charge in [-0.2, -0.15) is 5.10 Å². The second-order valence-corrected chi connectivity index (χ2v) is 1.79. The summed E-state index contributed by atoms with van der Waals surface area (Å²) in [6.45, 7) is 4.06. The van der Waals surface area contributed by atoms with Gasteiger partial charge >= 0.3 is 0 Å². The summed E-state index contributed by atoms with van der Waals surface area (Å²) in [5.41, 5.74) is 3.73. The molecule has 0 spiro atoms. The molecular formula is C7H14N2. The van der Waals surface area contributed by atoms with Gasteiger partial charge in [0.1, 0.15) is 0 Å². The van der Waals surface area contributed by atoms with Crippen molar-refractivity contribution < 1.29 is 0 Å². The lowest BCUT2D eigenvalue weighted by atomic mass is 10.3. The van der Waals surface area contributed by atoms with E-state index in [1.165, 1.54) is 0 Å². The monoisotopic (exact) mass is 126 g/mol. The lowest BCUT2D eigenvalue weighted by Gasteiger charge is -1.88. The highest BCUT2D eigenvalue weighted by Gasteiger charge is 1.77. The van der Waals surface area contributed by atoms with Crippen LogP contribution in [0.4, 0.5) is 0 Å². The Kier molecular flexibility index (Phi) is 4.88. The molecule has 0 aromatic rings. The van der Waals surface area contributed by atoms with E-state index in [1.54, 1.807) is 7.05 Å². The maximum atomic E-state index is 3.94. The van der Waals surface area contributed by atoms with Crippen LogP contribution in [0.15, 0.2) is 17.3 Å². The Morgan fingerprint density at radius 1 is 1.67 bits per heavy atom. The Balaban J connectivity index is 3.60. The van der Waals surface area contributed by atoms with Crippen LogP contribution in [0.2, 0.25) is 0 Å². The standard InChI is InChI=1S/C7H14N2/c1-4-5-6-7(2)9-8-3/h5-6,8H,4H2,1-3H3/b6-5-,9-7-. The fourth-order valence-corrected chi connectivity index (χ4v) is 0.502. The predicted molar refractivity (Wildman–Crippen MR) is 41.6 cm³/mol. The number of nitrogens with zero attached hydrogens (tertiary/aromatic N) is 1. The van der Waals surface area contributed by atoms with Crippen LogP contribution in [0.5, 0.6) is 0 Å². The molecule has 0 aromatic carbocycles. The third kappa shape index (κ3) is 5.07. The second-order valence-electron chi connectivity index (χ2n) is 1.79. The molecule has 1 N–H and O–H groups in total. The summed E-state index contributed by atoms with van der Waals surface area (Å²) in [6, 6.07) is 0. The fraction of sp³-hybridized carbons (Fsp3) is 0.571. The average molecular weight is 126 g/mol. The van der Waals surface area contributed by atoms with E-state index in [2.05, 4.69) is 23.5 Å². The zero-order chi connectivity index (χ0) is 7.11. The van der Waals surface area contributed by atoms with E-state index < -0.39 is 0 Å². The van der Waals surface area contributed by atoms with Crippen LogP contribution in [0.1, 0.15) is 20.3 Å². The van der Waals surface area contributed by atoms with Gasteiger partial charge in [-0.25, -0.2) is 0 Å². The van der Waals surface area contributed by atoms with Crippen LogP contribution < -0.4 is 5.43 Å². The fourth-order valence-electron chi connectivity index (χ4n) is 0.502. The Bertz CT molecular complexity index is 114. The van der Waals surface area contributed by atoms with Crippen molar-refractivity contribution in [3.63, 3.8) is 0 Å². The molecule has 52 valence electrons. The summed E-state index contributed by atoms with van der Waals surface area (Å²) >= 11 is 0. The number of hydrazone groups is 1. The van der Waals surface area contributed by atoms with Gasteiger partial charge in [-0.1, -0.05) is 13.0 Å². The number of hydrogen-bond acceptors (Lipinski definition) is 2. The third-order valence-corrected chi connectivity index (χ3v) is 0.883. The summed E-state index contributed by atoms with van der Waals surface area (Å²) in [6.07, 6.45) is 5.14. The molecule has 9 heavy (non-hydrogen) atoms. The Labute approximate surface area is 56.7 Å². The molecule has 2 nitrogen and oxygen atoms in total. The zero-order valence-electron chi connectivity index (χ0n) is 6.31. The first-order valence-corrected chi connectivity index (χ1v) is 3.18. The van der Waals surface area contributed by atoms with Crippen LogP contribution in [-0.2, 0) is 0 Å². The van der Waals surface area contributed by atoms with Gasteiger partial charge in [0.25, 0.3) is 0 Å². The van der Waals surface area contributed by atoms with E-state index in [0.717, 1.165) is 12.1 Å². The van der Waals surface area contributed by atoms with Crippen molar-refractivity contribution in [2.24, 2.45) is 5.10 Å². The first-order valence-electron chi connectivity index (χ1n) is 3.18. The van der Waals surface area contributed by atoms with Crippen molar-refractivity contribution >= 4 is 5.71 Å². The highest BCUT2D eigenvalue weighted by molar-refractivity contribution is 5.92. The molecule has 0 aliphatic heterocycles. The van der Waals surface area contributed by atoms with E-state index >= 15 is 0 Å². The Hall–Kier alpha value is -0.790. The highest BCUT2D eigenvalue weighted by atomic mass is 15.3. The smallest absolute Gasteiger partial charge is 0.0568 e. The summed E-state index contributed by atoms with van der Waals surface area (Å²) in [7, 11) is 1.79. The van der Waals surface area contributed by atoms with Gasteiger partial charge in [0.15, 0.2) is 0 Å². The van der Waals surface area contributed by atoms with Crippen LogP contribution in [0.3, 0.4) is 0 Å². The zero-order valence-corrected chi connectivity index (χ0v) is 6.31. The van der Waals surface area contributed by atoms with Crippen molar-refractivity contribution in [1.29, 1.82) is 0 Å². The van der Waals surface area contributed by atoms with Crippen molar-refractivity contribution in [3.8, 4) is 0 Å². The minimum absolute atomic E-state index is 1.01. The van der Waals surface area contributed by atoms with Crippen molar-refractivity contribution in [1.82, 2.24) is 5.43 Å². The van der Waals surface area contributed by atoms with Crippen LogP contribution in [-0.4, -0.2) is 12.8 Å². The summed E-state index contributed by atoms with van der Waals surface area (Å²) < 4.78 is 0. The minimum atomic E-state index is 1.01. The Morgan fingerprint density at radius 2 is 2.33 bits per heavy atom. The maximum Gasteiger partial charge on any atom is 0.0568 e. The van der Waals surface area contributed by atoms with Crippen molar-refractivity contribution in [3.05, 3.63) is 12.2 Å². The first-order chi connectivity index (χ1) is 4.31. The molecular weight excluding hydrogens is 112 g/mol. The van der Waals surface area contributed by atoms with Gasteiger partial charge in [0, 0.05) is 7.05 Å². The molecule has 0 aliphatic carbocycles. The third-order valence-electron chi connectivity index (χ3n) is 0.883. The molecule has 2 heteroatoms. The van der Waals surface area contributed by atoms with Crippen LogP contribution in [0, 0.1) is 0 Å². The number of allylic oxidation sites excluding steroid dienone is 2. The molecule has 0 fully saturated rings. The molecule has 0 aromatic heterocycles. The molecule has 0 atom stereocenters. The van der Waals surface area contributed by atoms with Gasteiger partial charge in [-0.3, -0.25) is 0 Å². The summed E-state index contributed by atoms with van der Waals surface area (Å²) in [5.74, 6) is 0. The normalized spacial score (nSPS) is 12.6. The van der Waals surface area contributed by atoms with E-state index in [0.29, 0.717) is 0 Å². The lowest BCUT2D eigenvalue weighted by molar-refractivity contribution is 0.901. The quantitative estimate of drug-likeness (QED) is 0.450. The average Bonchev–Trinajstić information content (AvgIpc) is 1.85. The second kappa shape index (κ2) is 5.35. The van der Waals surface area contributed by atoms with Gasteiger partial charge in [0.2, 0.25) is 0 Å². The van der Waals surface area contributed by atoms with E-state index in [-0.39, 0.29) is 0 Å². The predicted octanol–water partition coefficient (Wildman–Crippen LogP) is 1.55. The molecule has 0 unspecified atom stereocenters. The summed E-state index contributed by atoms with van der Waals surface area (Å²) in [4.78, 5) is 0. The number of hydrogen-bond donors (Lipinski definition) is 1. The topological polar surface area (TPSA) is 24.4 Å². The van der Waals surface area contributed by atoms with Crippen LogP contribution in [0.25, 0.3) is 0 Å².